The number of hydrazone groups is 1. The third-order valence-corrected chi connectivity index (χ3v) is 2.76. The Labute approximate surface area is 110 Å². The van der Waals surface area contributed by atoms with Gasteiger partial charge in [-0.1, -0.05) is 24.3 Å². The number of carbonyl (C=O) groups excluding carboxylic acids is 2. The molecule has 96 valence electrons. The largest absolute Gasteiger partial charge is 0.323 e. The van der Waals surface area contributed by atoms with Crippen LogP contribution in [0.1, 0.15) is 18.1 Å². The van der Waals surface area contributed by atoms with Gasteiger partial charge < -0.3 is 11.2 Å². The van der Waals surface area contributed by atoms with Crippen molar-refractivity contribution in [2.45, 2.75) is 12.5 Å². The molecule has 3 amide bonds. The summed E-state index contributed by atoms with van der Waals surface area (Å²) in [5.41, 5.74) is 0.509. The molecule has 0 saturated carbocycles. The number of nitrogens with zero attached hydrogens (tertiary/aromatic N) is 1. The van der Waals surface area contributed by atoms with Gasteiger partial charge in [0.05, 0.1) is 6.21 Å². The van der Waals surface area contributed by atoms with Crippen molar-refractivity contribution in [1.82, 2.24) is 10.6 Å². The van der Waals surface area contributed by atoms with E-state index in [2.05, 4.69) is 15.7 Å². The number of hydrogen-bond acceptors (Lipinski definition) is 4. The Bertz CT molecular complexity index is 500. The molecule has 1 aliphatic rings. The molecule has 0 spiro atoms. The lowest BCUT2D eigenvalue weighted by molar-refractivity contribution is -0.123. The van der Waals surface area contributed by atoms with E-state index in [0.717, 1.165) is 5.56 Å². The van der Waals surface area contributed by atoms with Gasteiger partial charge in [0.15, 0.2) is 0 Å². The summed E-state index contributed by atoms with van der Waals surface area (Å²) >= 11 is 0. The lowest BCUT2D eigenvalue weighted by atomic mass is 9.92. The monoisotopic (exact) mass is 268 g/mol. The quantitative estimate of drug-likeness (QED) is 0.315. The second-order valence-corrected chi connectivity index (χ2v) is 3.93. The van der Waals surface area contributed by atoms with E-state index in [-0.39, 0.29) is 18.3 Å². The van der Waals surface area contributed by atoms with Crippen LogP contribution in [-0.2, 0) is 10.3 Å². The van der Waals surface area contributed by atoms with Gasteiger partial charge in [0.2, 0.25) is 0 Å². The van der Waals surface area contributed by atoms with Crippen LogP contribution in [0.15, 0.2) is 29.4 Å². The smallest absolute Gasteiger partial charge is 0.322 e. The first kappa shape index (κ1) is 14.0. The number of nitrogens with two attached hydrogens (primary N) is 1. The van der Waals surface area contributed by atoms with Crippen molar-refractivity contribution >= 4 is 30.6 Å². The van der Waals surface area contributed by atoms with Crippen molar-refractivity contribution in [2.24, 2.45) is 10.9 Å². The molecule has 18 heavy (non-hydrogen) atoms. The van der Waals surface area contributed by atoms with E-state index < -0.39 is 11.6 Å². The Morgan fingerprint density at radius 3 is 2.33 bits per heavy atom. The molecular weight excluding hydrogens is 256 g/mol. The summed E-state index contributed by atoms with van der Waals surface area (Å²) < 4.78 is 0. The SMILES string of the molecule is C[C@]1(c2ccc(C=NN)cc2)NC(=O)NC1=O.Cl. The predicted octanol–water partition coefficient (Wildman–Crippen LogP) is 0.456. The maximum atomic E-state index is 11.7. The molecule has 2 rings (SSSR count). The van der Waals surface area contributed by atoms with Crippen LogP contribution in [0.3, 0.4) is 0 Å². The van der Waals surface area contributed by atoms with Crippen LogP contribution < -0.4 is 16.5 Å². The standard InChI is InChI=1S/C11H12N4O2.ClH/c1-11(9(16)14-10(17)15-11)8-4-2-7(3-5-8)6-13-12;/h2-6H,12H2,1H3,(H2,14,15,16,17);1H/t11-;/m1./s1. The lowest BCUT2D eigenvalue weighted by Gasteiger charge is -2.20. The van der Waals surface area contributed by atoms with Gasteiger partial charge in [-0.3, -0.25) is 10.1 Å². The summed E-state index contributed by atoms with van der Waals surface area (Å²) in [7, 11) is 0. The highest BCUT2D eigenvalue weighted by molar-refractivity contribution is 6.07. The Morgan fingerprint density at radius 1 is 1.28 bits per heavy atom. The van der Waals surface area contributed by atoms with Crippen molar-refractivity contribution in [1.29, 1.82) is 0 Å². The fraction of sp³-hybridized carbons (Fsp3) is 0.182. The summed E-state index contributed by atoms with van der Waals surface area (Å²) in [6.45, 7) is 1.65. The molecule has 1 fully saturated rings. The number of nitrogens with one attached hydrogen (secondary N) is 2. The molecule has 6 nitrogen and oxygen atoms in total. The van der Waals surface area contributed by atoms with Crippen LogP contribution in [0.5, 0.6) is 0 Å². The second kappa shape index (κ2) is 5.05. The van der Waals surface area contributed by atoms with Crippen molar-refractivity contribution < 1.29 is 9.59 Å². The third kappa shape index (κ3) is 2.28. The van der Waals surface area contributed by atoms with Crippen LogP contribution in [0, 0.1) is 0 Å². The highest BCUT2D eigenvalue weighted by Gasteiger charge is 2.43. The number of halogens is 1. The molecule has 0 aliphatic carbocycles. The van der Waals surface area contributed by atoms with Crippen LogP contribution in [0.25, 0.3) is 0 Å². The molecule has 4 N–H and O–H groups in total. The summed E-state index contributed by atoms with van der Waals surface area (Å²) in [4.78, 5) is 22.8. The number of amides is 3. The van der Waals surface area contributed by atoms with Crippen molar-refractivity contribution in [3.05, 3.63) is 35.4 Å². The van der Waals surface area contributed by atoms with Crippen molar-refractivity contribution in [3.8, 4) is 0 Å². The number of rotatable bonds is 2. The Morgan fingerprint density at radius 2 is 1.89 bits per heavy atom. The summed E-state index contributed by atoms with van der Waals surface area (Å²) in [5.74, 6) is 4.68. The average Bonchev–Trinajstić information content (AvgIpc) is 2.55. The minimum Gasteiger partial charge on any atom is -0.323 e. The zero-order valence-corrected chi connectivity index (χ0v) is 10.5. The molecule has 1 atom stereocenters. The van der Waals surface area contributed by atoms with Crippen LogP contribution >= 0.6 is 12.4 Å². The topological polar surface area (TPSA) is 96.6 Å². The maximum Gasteiger partial charge on any atom is 0.322 e. The van der Waals surface area contributed by atoms with E-state index in [1.807, 2.05) is 0 Å². The Kier molecular flexibility index (Phi) is 3.93. The van der Waals surface area contributed by atoms with Crippen LogP contribution in [-0.4, -0.2) is 18.2 Å². The second-order valence-electron chi connectivity index (χ2n) is 3.93. The molecule has 1 saturated heterocycles. The van der Waals surface area contributed by atoms with Gasteiger partial charge in [0.1, 0.15) is 5.54 Å². The van der Waals surface area contributed by atoms with Gasteiger partial charge in [-0.2, -0.15) is 5.10 Å². The minimum atomic E-state index is -1.02. The van der Waals surface area contributed by atoms with Crippen molar-refractivity contribution in [3.63, 3.8) is 0 Å². The molecule has 1 aromatic carbocycles. The number of hydrogen-bond donors (Lipinski definition) is 3. The molecule has 1 heterocycles. The molecule has 0 radical (unpaired) electrons. The first-order chi connectivity index (χ1) is 8.06. The maximum absolute atomic E-state index is 11.7. The van der Waals surface area contributed by atoms with Gasteiger partial charge in [-0.15, -0.1) is 12.4 Å². The summed E-state index contributed by atoms with van der Waals surface area (Å²) in [6.07, 6.45) is 1.50. The first-order valence-electron chi connectivity index (χ1n) is 5.03. The number of benzene rings is 1. The van der Waals surface area contributed by atoms with Crippen LogP contribution in [0.2, 0.25) is 0 Å². The minimum absolute atomic E-state index is 0. The molecule has 1 aromatic rings. The van der Waals surface area contributed by atoms with E-state index in [0.29, 0.717) is 5.56 Å². The first-order valence-corrected chi connectivity index (χ1v) is 5.03. The van der Waals surface area contributed by atoms with E-state index in [1.54, 1.807) is 31.2 Å². The Hall–Kier alpha value is -2.08. The van der Waals surface area contributed by atoms with Gasteiger partial charge in [-0.25, -0.2) is 4.79 Å². The average molecular weight is 269 g/mol. The van der Waals surface area contributed by atoms with Gasteiger partial charge in [0.25, 0.3) is 5.91 Å². The highest BCUT2D eigenvalue weighted by Crippen LogP contribution is 2.24. The van der Waals surface area contributed by atoms with Crippen LogP contribution in [0.4, 0.5) is 4.79 Å². The molecule has 0 bridgehead atoms. The van der Waals surface area contributed by atoms with Crippen molar-refractivity contribution in [2.75, 3.05) is 0 Å². The Balaban J connectivity index is 0.00000162. The number of carbonyl (C=O) groups is 2. The number of imide groups is 1. The molecule has 1 aliphatic heterocycles. The lowest BCUT2D eigenvalue weighted by Crippen LogP contribution is -2.40. The fourth-order valence-corrected chi connectivity index (χ4v) is 1.74. The summed E-state index contributed by atoms with van der Waals surface area (Å²) in [5, 5.41) is 8.20. The number of urea groups is 1. The third-order valence-electron chi connectivity index (χ3n) is 2.76. The molecule has 0 aromatic heterocycles. The van der Waals surface area contributed by atoms with E-state index in [4.69, 9.17) is 5.84 Å². The molecular formula is C11H13ClN4O2. The predicted molar refractivity (Wildman–Crippen MR) is 69.5 cm³/mol. The fourth-order valence-electron chi connectivity index (χ4n) is 1.74. The van der Waals surface area contributed by atoms with E-state index in [1.165, 1.54) is 6.21 Å². The normalized spacial score (nSPS) is 22.5. The molecule has 0 unspecified atom stereocenters. The van der Waals surface area contributed by atoms with Gasteiger partial charge in [-0.05, 0) is 18.1 Å². The molecule has 7 heteroatoms. The zero-order valence-electron chi connectivity index (χ0n) is 9.64. The summed E-state index contributed by atoms with van der Waals surface area (Å²) in [6, 6.07) is 6.57. The van der Waals surface area contributed by atoms with E-state index >= 15 is 0 Å². The van der Waals surface area contributed by atoms with Gasteiger partial charge in [0, 0.05) is 0 Å². The van der Waals surface area contributed by atoms with E-state index in [9.17, 15) is 9.59 Å². The zero-order chi connectivity index (χ0) is 12.5. The highest BCUT2D eigenvalue weighted by atomic mass is 35.5. The van der Waals surface area contributed by atoms with Gasteiger partial charge >= 0.3 is 6.03 Å².